The molecule has 1 aliphatic rings. The molecule has 0 aromatic carbocycles. The molecule has 112 valence electrons. The Hall–Kier alpha value is -0.690. The van der Waals surface area contributed by atoms with Crippen molar-refractivity contribution in [1.82, 2.24) is 5.32 Å². The highest BCUT2D eigenvalue weighted by molar-refractivity contribution is 5.78. The number of ether oxygens (including phenoxy) is 1. The van der Waals surface area contributed by atoms with Crippen LogP contribution in [0.4, 0.5) is 0 Å². The van der Waals surface area contributed by atoms with Gasteiger partial charge in [-0.25, -0.2) is 0 Å². The van der Waals surface area contributed by atoms with Gasteiger partial charge >= 0.3 is 0 Å². The normalized spacial score (nSPS) is 26.9. The summed E-state index contributed by atoms with van der Waals surface area (Å²) in [7, 11) is 0. The van der Waals surface area contributed by atoms with Gasteiger partial charge in [-0.3, -0.25) is 4.79 Å². The van der Waals surface area contributed by atoms with Gasteiger partial charge in [-0.1, -0.05) is 6.92 Å². The molecule has 0 spiro atoms. The van der Waals surface area contributed by atoms with Gasteiger partial charge in [-0.15, -0.1) is 0 Å². The zero-order valence-electron chi connectivity index (χ0n) is 11.5. The maximum absolute atomic E-state index is 10.6. The van der Waals surface area contributed by atoms with E-state index in [0.29, 0.717) is 0 Å². The van der Waals surface area contributed by atoms with E-state index < -0.39 is 18.1 Å². The van der Waals surface area contributed by atoms with Crippen molar-refractivity contribution in [2.24, 2.45) is 11.7 Å². The predicted octanol–water partition coefficient (Wildman–Crippen LogP) is -0.622. The van der Waals surface area contributed by atoms with E-state index in [4.69, 9.17) is 15.6 Å². The van der Waals surface area contributed by atoms with Crippen LogP contribution in [0.3, 0.4) is 0 Å². The van der Waals surface area contributed by atoms with Crippen LogP contribution in [0.15, 0.2) is 0 Å². The minimum Gasteiger partial charge on any atom is -0.389 e. The van der Waals surface area contributed by atoms with Crippen LogP contribution in [0.25, 0.3) is 0 Å². The highest BCUT2D eigenvalue weighted by Gasteiger charge is 2.19. The SMILES string of the molecule is CC1CCC(OCC(O)CNCC(O)C(N)=O)CC1. The minimum atomic E-state index is -1.21. The van der Waals surface area contributed by atoms with Crippen molar-refractivity contribution in [2.75, 3.05) is 19.7 Å². The highest BCUT2D eigenvalue weighted by Crippen LogP contribution is 2.25. The van der Waals surface area contributed by atoms with Crippen molar-refractivity contribution < 1.29 is 19.7 Å². The monoisotopic (exact) mass is 274 g/mol. The number of rotatable bonds is 8. The Kier molecular flexibility index (Phi) is 7.30. The summed E-state index contributed by atoms with van der Waals surface area (Å²) in [6, 6.07) is 0. The lowest BCUT2D eigenvalue weighted by molar-refractivity contribution is -0.125. The summed E-state index contributed by atoms with van der Waals surface area (Å²) < 4.78 is 5.65. The molecule has 2 unspecified atom stereocenters. The van der Waals surface area contributed by atoms with Gasteiger partial charge in [0.05, 0.1) is 18.8 Å². The fraction of sp³-hybridized carbons (Fsp3) is 0.923. The van der Waals surface area contributed by atoms with Gasteiger partial charge in [-0.05, 0) is 31.6 Å². The predicted molar refractivity (Wildman–Crippen MR) is 71.4 cm³/mol. The third kappa shape index (κ3) is 6.87. The zero-order valence-corrected chi connectivity index (χ0v) is 11.5. The van der Waals surface area contributed by atoms with E-state index in [9.17, 15) is 9.90 Å². The Morgan fingerprint density at radius 1 is 1.32 bits per heavy atom. The van der Waals surface area contributed by atoms with Crippen molar-refractivity contribution in [3.63, 3.8) is 0 Å². The Labute approximate surface area is 114 Å². The van der Waals surface area contributed by atoms with Crippen LogP contribution < -0.4 is 11.1 Å². The van der Waals surface area contributed by atoms with Crippen LogP contribution in [0.2, 0.25) is 0 Å². The Bertz CT molecular complexity index is 267. The smallest absolute Gasteiger partial charge is 0.247 e. The fourth-order valence-corrected chi connectivity index (χ4v) is 2.19. The number of hydrogen-bond acceptors (Lipinski definition) is 5. The van der Waals surface area contributed by atoms with E-state index >= 15 is 0 Å². The quantitative estimate of drug-likeness (QED) is 0.472. The average Bonchev–Trinajstić information content (AvgIpc) is 2.37. The second-order valence-corrected chi connectivity index (χ2v) is 5.45. The number of aliphatic hydroxyl groups excluding tert-OH is 2. The lowest BCUT2D eigenvalue weighted by Gasteiger charge is -2.27. The lowest BCUT2D eigenvalue weighted by Crippen LogP contribution is -2.41. The van der Waals surface area contributed by atoms with E-state index in [1.54, 1.807) is 0 Å². The van der Waals surface area contributed by atoms with Gasteiger partial charge in [0.1, 0.15) is 6.10 Å². The number of carbonyl (C=O) groups is 1. The summed E-state index contributed by atoms with van der Waals surface area (Å²) in [4.78, 5) is 10.6. The maximum atomic E-state index is 10.6. The third-order valence-corrected chi connectivity index (χ3v) is 3.53. The van der Waals surface area contributed by atoms with Crippen LogP contribution in [0.5, 0.6) is 0 Å². The number of nitrogens with one attached hydrogen (secondary N) is 1. The molecule has 0 saturated heterocycles. The van der Waals surface area contributed by atoms with Crippen molar-refractivity contribution in [2.45, 2.75) is 50.9 Å². The van der Waals surface area contributed by atoms with E-state index in [2.05, 4.69) is 12.2 Å². The molecule has 1 saturated carbocycles. The van der Waals surface area contributed by atoms with Gasteiger partial charge in [0.2, 0.25) is 5.91 Å². The first-order valence-corrected chi connectivity index (χ1v) is 6.96. The number of amides is 1. The summed E-state index contributed by atoms with van der Waals surface area (Å²) in [5.74, 6) is 0.0105. The molecular formula is C13H26N2O4. The third-order valence-electron chi connectivity index (χ3n) is 3.53. The molecule has 1 aliphatic carbocycles. The average molecular weight is 274 g/mol. The molecule has 6 nitrogen and oxygen atoms in total. The summed E-state index contributed by atoms with van der Waals surface area (Å²) in [6.07, 6.45) is 2.88. The van der Waals surface area contributed by atoms with Crippen LogP contribution in [-0.4, -0.2) is 54.1 Å². The molecule has 6 heteroatoms. The largest absolute Gasteiger partial charge is 0.389 e. The zero-order chi connectivity index (χ0) is 14.3. The molecular weight excluding hydrogens is 248 g/mol. The first kappa shape index (κ1) is 16.4. The van der Waals surface area contributed by atoms with Gasteiger partial charge < -0.3 is 26.0 Å². The molecule has 1 amide bonds. The van der Waals surface area contributed by atoms with Crippen molar-refractivity contribution in [1.29, 1.82) is 0 Å². The van der Waals surface area contributed by atoms with Crippen LogP contribution in [0, 0.1) is 5.92 Å². The number of hydrogen-bond donors (Lipinski definition) is 4. The topological polar surface area (TPSA) is 105 Å². The second-order valence-electron chi connectivity index (χ2n) is 5.45. The number of nitrogens with two attached hydrogens (primary N) is 1. The summed E-state index contributed by atoms with van der Waals surface area (Å²) in [5, 5.41) is 21.6. The van der Waals surface area contributed by atoms with Gasteiger partial charge in [0.15, 0.2) is 0 Å². The summed E-state index contributed by atoms with van der Waals surface area (Å²) in [6.45, 7) is 2.85. The van der Waals surface area contributed by atoms with Crippen molar-refractivity contribution in [3.05, 3.63) is 0 Å². The lowest BCUT2D eigenvalue weighted by atomic mass is 9.89. The van der Waals surface area contributed by atoms with E-state index in [-0.39, 0.29) is 25.8 Å². The Balaban J connectivity index is 2.04. The molecule has 0 aromatic rings. The molecule has 19 heavy (non-hydrogen) atoms. The molecule has 1 fully saturated rings. The Morgan fingerprint density at radius 2 is 1.95 bits per heavy atom. The van der Waals surface area contributed by atoms with Gasteiger partial charge in [0, 0.05) is 13.1 Å². The van der Waals surface area contributed by atoms with E-state index in [1.165, 1.54) is 12.8 Å². The van der Waals surface area contributed by atoms with Gasteiger partial charge in [0.25, 0.3) is 0 Å². The molecule has 0 heterocycles. The molecule has 5 N–H and O–H groups in total. The van der Waals surface area contributed by atoms with Gasteiger partial charge in [-0.2, -0.15) is 0 Å². The first-order valence-electron chi connectivity index (χ1n) is 6.96. The molecule has 1 rings (SSSR count). The summed E-state index contributed by atoms with van der Waals surface area (Å²) >= 11 is 0. The second kappa shape index (κ2) is 8.47. The number of primary amides is 1. The van der Waals surface area contributed by atoms with Crippen molar-refractivity contribution >= 4 is 5.91 Å². The molecule has 2 atom stereocenters. The van der Waals surface area contributed by atoms with Crippen LogP contribution >= 0.6 is 0 Å². The van der Waals surface area contributed by atoms with E-state index in [1.807, 2.05) is 0 Å². The minimum absolute atomic E-state index is 0.0489. The Morgan fingerprint density at radius 3 is 2.53 bits per heavy atom. The molecule has 0 radical (unpaired) electrons. The van der Waals surface area contributed by atoms with Crippen LogP contribution in [-0.2, 0) is 9.53 Å². The standard InChI is InChI=1S/C13H26N2O4/c1-9-2-4-11(5-3-9)19-8-10(16)6-15-7-12(17)13(14)18/h9-12,15-17H,2-8H2,1H3,(H2,14,18). The molecule has 0 bridgehead atoms. The number of carbonyl (C=O) groups excluding carboxylic acids is 1. The van der Waals surface area contributed by atoms with Crippen molar-refractivity contribution in [3.8, 4) is 0 Å². The fourth-order valence-electron chi connectivity index (χ4n) is 2.19. The maximum Gasteiger partial charge on any atom is 0.247 e. The molecule has 0 aliphatic heterocycles. The van der Waals surface area contributed by atoms with E-state index in [0.717, 1.165) is 18.8 Å². The number of aliphatic hydroxyl groups is 2. The molecule has 0 aromatic heterocycles. The summed E-state index contributed by atoms with van der Waals surface area (Å²) in [5.41, 5.74) is 4.90. The highest BCUT2D eigenvalue weighted by atomic mass is 16.5. The first-order chi connectivity index (χ1) is 8.99. The van der Waals surface area contributed by atoms with Crippen LogP contribution in [0.1, 0.15) is 32.6 Å².